The zero-order chi connectivity index (χ0) is 27.9. The summed E-state index contributed by atoms with van der Waals surface area (Å²) in [5.41, 5.74) is 11.0. The van der Waals surface area contributed by atoms with Crippen LogP contribution >= 0.6 is 0 Å². The van der Waals surface area contributed by atoms with Crippen molar-refractivity contribution >= 4 is 29.7 Å². The fourth-order valence-corrected chi connectivity index (χ4v) is 3.22. The molecule has 1 aromatic carbocycles. The number of allylic oxidation sites excluding steroid dienone is 2. The van der Waals surface area contributed by atoms with Crippen LogP contribution in [0.2, 0.25) is 0 Å². The Kier molecular flexibility index (Phi) is 9.81. The van der Waals surface area contributed by atoms with Gasteiger partial charge in [-0.15, -0.1) is 0 Å². The van der Waals surface area contributed by atoms with Gasteiger partial charge in [-0.1, -0.05) is 13.8 Å². The van der Waals surface area contributed by atoms with Crippen LogP contribution in [0, 0.1) is 28.4 Å². The molecule has 1 fully saturated rings. The SMILES string of the molecule is CC(C)C(N)=NC(=N)/C=C\C(N)=C(C=NC1CCN(C(=O)OC(C)(C)C)C1)C(=N)c1ccc(F)cc1F. The summed E-state index contributed by atoms with van der Waals surface area (Å²) in [4.78, 5) is 22.3. The second kappa shape index (κ2) is 12.4. The molecule has 37 heavy (non-hydrogen) atoms. The maximum absolute atomic E-state index is 14.4. The Morgan fingerprint density at radius 1 is 1.22 bits per heavy atom. The van der Waals surface area contributed by atoms with Crippen LogP contribution in [0.4, 0.5) is 13.6 Å². The Morgan fingerprint density at radius 2 is 1.89 bits per heavy atom. The Morgan fingerprint density at radius 3 is 2.49 bits per heavy atom. The number of amidine groups is 2. The molecule has 6 N–H and O–H groups in total. The first-order valence-electron chi connectivity index (χ1n) is 11.8. The van der Waals surface area contributed by atoms with Crippen LogP contribution in [0.15, 0.2) is 51.6 Å². The summed E-state index contributed by atoms with van der Waals surface area (Å²) >= 11 is 0. The van der Waals surface area contributed by atoms with Crippen LogP contribution in [0.3, 0.4) is 0 Å². The molecule has 1 unspecified atom stereocenters. The highest BCUT2D eigenvalue weighted by atomic mass is 19.1. The number of ether oxygens (including phenoxy) is 1. The number of rotatable bonds is 7. The van der Waals surface area contributed by atoms with E-state index in [1.165, 1.54) is 18.4 Å². The lowest BCUT2D eigenvalue weighted by molar-refractivity contribution is 0.0293. The molecule has 1 atom stereocenters. The highest BCUT2D eigenvalue weighted by Crippen LogP contribution is 2.19. The maximum Gasteiger partial charge on any atom is 0.410 e. The molecule has 9 nitrogen and oxygen atoms in total. The smallest absolute Gasteiger partial charge is 0.410 e. The topological polar surface area (TPSA) is 154 Å². The number of nitrogens with two attached hydrogens (primary N) is 2. The number of hydrogen-bond donors (Lipinski definition) is 4. The van der Waals surface area contributed by atoms with Gasteiger partial charge in [-0.2, -0.15) is 0 Å². The van der Waals surface area contributed by atoms with Gasteiger partial charge in [0.05, 0.1) is 11.8 Å². The van der Waals surface area contributed by atoms with Crippen molar-refractivity contribution in [3.05, 3.63) is 58.8 Å². The number of aliphatic imine (C=N–C) groups is 2. The molecule has 0 saturated carbocycles. The number of benzene rings is 1. The summed E-state index contributed by atoms with van der Waals surface area (Å²) in [5.74, 6) is -1.63. The Labute approximate surface area is 216 Å². The summed E-state index contributed by atoms with van der Waals surface area (Å²) in [6.45, 7) is 9.78. The number of likely N-dealkylation sites (tertiary alicyclic amines) is 1. The molecule has 1 aliphatic rings. The summed E-state index contributed by atoms with van der Waals surface area (Å²) < 4.78 is 33.3. The van der Waals surface area contributed by atoms with Gasteiger partial charge < -0.3 is 21.1 Å². The van der Waals surface area contributed by atoms with Crippen molar-refractivity contribution in [3.8, 4) is 0 Å². The summed E-state index contributed by atoms with van der Waals surface area (Å²) in [6.07, 6.45) is 4.10. The largest absolute Gasteiger partial charge is 0.444 e. The molecule has 11 heteroatoms. The molecule has 2 rings (SSSR count). The van der Waals surface area contributed by atoms with E-state index in [0.717, 1.165) is 12.1 Å². The van der Waals surface area contributed by atoms with E-state index < -0.39 is 23.3 Å². The van der Waals surface area contributed by atoms with Gasteiger partial charge in [0.15, 0.2) is 0 Å². The number of hydrogen-bond acceptors (Lipinski definition) is 6. The Hall–Kier alpha value is -3.89. The van der Waals surface area contributed by atoms with Gasteiger partial charge in [-0.05, 0) is 51.5 Å². The zero-order valence-electron chi connectivity index (χ0n) is 21.8. The standard InChI is InChI=1S/C26H35F2N7O2/c1-15(2)24(32)34-22(30)9-8-21(29)19(23(31)18-7-6-16(27)12-20(18)28)13-33-17-10-11-35(14-17)25(36)37-26(3,4)5/h6-9,12-13,15,17,31H,10-11,14,29H2,1-5H3,(H3,30,32,34)/b9-8-,21-19?,31-23?,33-13?. The third-order valence-corrected chi connectivity index (χ3v) is 5.27. The van der Waals surface area contributed by atoms with E-state index in [2.05, 4.69) is 9.98 Å². The van der Waals surface area contributed by atoms with Crippen LogP contribution in [-0.4, -0.2) is 59.3 Å². The number of halogens is 2. The van der Waals surface area contributed by atoms with E-state index in [1.54, 1.807) is 25.7 Å². The van der Waals surface area contributed by atoms with E-state index in [9.17, 15) is 13.6 Å². The molecule has 0 spiro atoms. The normalized spacial score (nSPS) is 17.6. The quantitative estimate of drug-likeness (QED) is 0.244. The maximum atomic E-state index is 14.4. The molecule has 1 saturated heterocycles. The van der Waals surface area contributed by atoms with Crippen molar-refractivity contribution in [2.45, 2.75) is 52.7 Å². The minimum atomic E-state index is -0.924. The predicted molar refractivity (Wildman–Crippen MR) is 142 cm³/mol. The van der Waals surface area contributed by atoms with Crippen molar-refractivity contribution in [2.24, 2.45) is 27.4 Å². The lowest BCUT2D eigenvalue weighted by Gasteiger charge is -2.24. The van der Waals surface area contributed by atoms with Gasteiger partial charge in [0.2, 0.25) is 0 Å². The molecule has 0 radical (unpaired) electrons. The first kappa shape index (κ1) is 29.3. The molecule has 0 aromatic heterocycles. The Balaban J connectivity index is 2.34. The monoisotopic (exact) mass is 515 g/mol. The highest BCUT2D eigenvalue weighted by Gasteiger charge is 2.29. The van der Waals surface area contributed by atoms with Gasteiger partial charge in [0.25, 0.3) is 0 Å². The summed E-state index contributed by atoms with van der Waals surface area (Å²) in [7, 11) is 0. The molecular formula is C26H35F2N7O2. The van der Waals surface area contributed by atoms with Crippen molar-refractivity contribution in [1.29, 1.82) is 10.8 Å². The van der Waals surface area contributed by atoms with Crippen LogP contribution in [-0.2, 0) is 4.74 Å². The van der Waals surface area contributed by atoms with Crippen LogP contribution in [0.1, 0.15) is 46.6 Å². The van der Waals surface area contributed by atoms with E-state index >= 15 is 0 Å². The number of carbonyl (C=O) groups is 1. The number of nitrogens with one attached hydrogen (secondary N) is 2. The fraction of sp³-hybridized carbons (Fsp3) is 0.423. The molecule has 1 amide bonds. The second-order valence-corrected chi connectivity index (χ2v) is 9.93. The summed E-state index contributed by atoms with van der Waals surface area (Å²) in [5, 5.41) is 16.5. The molecule has 200 valence electrons. The lowest BCUT2D eigenvalue weighted by Crippen LogP contribution is -2.35. The molecule has 1 heterocycles. The molecular weight excluding hydrogens is 480 g/mol. The average Bonchev–Trinajstić information content (AvgIpc) is 3.25. The van der Waals surface area contributed by atoms with Crippen molar-refractivity contribution in [2.75, 3.05) is 13.1 Å². The van der Waals surface area contributed by atoms with Crippen molar-refractivity contribution in [3.63, 3.8) is 0 Å². The number of amides is 1. The first-order valence-corrected chi connectivity index (χ1v) is 11.8. The Bertz CT molecular complexity index is 1160. The fourth-order valence-electron chi connectivity index (χ4n) is 3.22. The zero-order valence-corrected chi connectivity index (χ0v) is 21.8. The van der Waals surface area contributed by atoms with E-state index in [4.69, 9.17) is 27.0 Å². The van der Waals surface area contributed by atoms with Crippen LogP contribution < -0.4 is 11.5 Å². The van der Waals surface area contributed by atoms with Crippen molar-refractivity contribution in [1.82, 2.24) is 4.90 Å². The van der Waals surface area contributed by atoms with Crippen LogP contribution in [0.5, 0.6) is 0 Å². The first-order chi connectivity index (χ1) is 17.2. The van der Waals surface area contributed by atoms with Gasteiger partial charge in [0, 0.05) is 48.1 Å². The van der Waals surface area contributed by atoms with Gasteiger partial charge >= 0.3 is 6.09 Å². The molecule has 0 aliphatic carbocycles. The van der Waals surface area contributed by atoms with E-state index in [-0.39, 0.29) is 46.2 Å². The van der Waals surface area contributed by atoms with E-state index in [0.29, 0.717) is 25.6 Å². The summed E-state index contributed by atoms with van der Waals surface area (Å²) in [6, 6.07) is 2.58. The minimum Gasteiger partial charge on any atom is -0.444 e. The highest BCUT2D eigenvalue weighted by molar-refractivity contribution is 6.23. The molecule has 1 aliphatic heterocycles. The van der Waals surface area contributed by atoms with Gasteiger partial charge in [0.1, 0.15) is 28.9 Å². The van der Waals surface area contributed by atoms with Gasteiger partial charge in [-0.3, -0.25) is 15.8 Å². The number of carbonyl (C=O) groups excluding carboxylic acids is 1. The van der Waals surface area contributed by atoms with Crippen LogP contribution in [0.25, 0.3) is 0 Å². The number of nitrogens with zero attached hydrogens (tertiary/aromatic N) is 3. The molecule has 1 aromatic rings. The third-order valence-electron chi connectivity index (χ3n) is 5.27. The average molecular weight is 516 g/mol. The third kappa shape index (κ3) is 8.93. The van der Waals surface area contributed by atoms with Gasteiger partial charge in [-0.25, -0.2) is 18.6 Å². The predicted octanol–water partition coefficient (Wildman–Crippen LogP) is 4.17. The lowest BCUT2D eigenvalue weighted by atomic mass is 10.0. The second-order valence-electron chi connectivity index (χ2n) is 9.93. The van der Waals surface area contributed by atoms with Crippen molar-refractivity contribution < 1.29 is 18.3 Å². The van der Waals surface area contributed by atoms with E-state index in [1.807, 2.05) is 13.8 Å². The minimum absolute atomic E-state index is 0.0162. The molecule has 0 bridgehead atoms.